The Balaban J connectivity index is 6.81. The van der Waals surface area contributed by atoms with Gasteiger partial charge in [-0.05, 0) is 108 Å². The molecule has 1 unspecified atom stereocenters. The summed E-state index contributed by atoms with van der Waals surface area (Å²) in [4.78, 5) is 145. The Morgan fingerprint density at radius 2 is 0.904 bits per heavy atom. The third kappa shape index (κ3) is 24.1. The van der Waals surface area contributed by atoms with Gasteiger partial charge in [-0.1, -0.05) is 109 Å². The predicted octanol–water partition coefficient (Wildman–Crippen LogP) is 2.75. The first-order valence-corrected chi connectivity index (χ1v) is 29.7. The lowest BCUT2D eigenvalue weighted by Gasteiger charge is -2.40. The summed E-state index contributed by atoms with van der Waals surface area (Å²) in [7, 11) is 8.38. The molecule has 0 saturated heterocycles. The van der Waals surface area contributed by atoms with E-state index in [1.54, 1.807) is 46.9 Å². The molecule has 0 aliphatic carbocycles. The summed E-state index contributed by atoms with van der Waals surface area (Å²) in [6.45, 7) is 30.0. The first kappa shape index (κ1) is 77.3. The molecule has 0 aliphatic rings. The van der Waals surface area contributed by atoms with Crippen LogP contribution in [0.1, 0.15) is 156 Å². The minimum Gasteiger partial charge on any atom is -0.467 e. The van der Waals surface area contributed by atoms with Crippen molar-refractivity contribution in [2.75, 3.05) is 42.3 Å². The zero-order valence-electron chi connectivity index (χ0n) is 54.5. The third-order valence-electron chi connectivity index (χ3n) is 15.1. The van der Waals surface area contributed by atoms with Crippen LogP contribution in [0.4, 0.5) is 0 Å². The van der Waals surface area contributed by atoms with Crippen molar-refractivity contribution in [1.29, 1.82) is 0 Å². The molecule has 0 saturated carbocycles. The maximum Gasteiger partial charge on any atom is 0.331 e. The van der Waals surface area contributed by atoms with E-state index in [2.05, 4.69) is 31.9 Å². The fourth-order valence-corrected chi connectivity index (χ4v) is 9.96. The fourth-order valence-electron chi connectivity index (χ4n) is 9.96. The summed E-state index contributed by atoms with van der Waals surface area (Å²) in [5, 5.41) is 38.7. The molecule has 478 valence electrons. The van der Waals surface area contributed by atoms with Crippen LogP contribution >= 0.6 is 0 Å². The summed E-state index contributed by atoms with van der Waals surface area (Å²) in [6.07, 6.45) is 2.50. The van der Waals surface area contributed by atoms with Crippen molar-refractivity contribution in [3.63, 3.8) is 0 Å². The van der Waals surface area contributed by atoms with Crippen molar-refractivity contribution in [3.8, 4) is 0 Å². The van der Waals surface area contributed by atoms with Gasteiger partial charge in [0, 0.05) is 28.2 Å². The number of amides is 9. The molecular formula is C60H110N10O13. The molecular weight excluding hydrogens is 1070 g/mol. The number of nitrogens with zero attached hydrogens (tertiary/aromatic N) is 4. The van der Waals surface area contributed by atoms with E-state index in [1.165, 1.54) is 63.7 Å². The van der Waals surface area contributed by atoms with Gasteiger partial charge in [0.25, 0.3) is 0 Å². The Kier molecular flexibility index (Phi) is 34.4. The second-order valence-corrected chi connectivity index (χ2v) is 24.7. The number of likely N-dealkylation sites (N-methyl/N-ethyl adjacent to an activating group) is 5. The average Bonchev–Trinajstić information content (AvgIpc) is 3.40. The molecule has 0 heterocycles. The molecule has 23 nitrogen and oxygen atoms in total. The van der Waals surface area contributed by atoms with Gasteiger partial charge < -0.3 is 66.5 Å². The normalized spacial score (nSPS) is 16.9. The maximum absolute atomic E-state index is 14.8. The number of ether oxygens (including phenoxy) is 1. The highest BCUT2D eigenvalue weighted by Gasteiger charge is 2.44. The summed E-state index contributed by atoms with van der Waals surface area (Å²) >= 11 is 0. The first-order valence-electron chi connectivity index (χ1n) is 29.7. The predicted molar refractivity (Wildman–Crippen MR) is 320 cm³/mol. The Morgan fingerprint density at radius 3 is 1.31 bits per heavy atom. The lowest BCUT2D eigenvalue weighted by molar-refractivity contribution is -0.156. The van der Waals surface area contributed by atoms with Gasteiger partial charge in [0.1, 0.15) is 48.3 Å². The zero-order chi connectivity index (χ0) is 64.7. The SMILES string of the molecule is C/C=C/C[C@@H](C)[C@@H](O)[C@@H](C(=O)N[C@H](C(=O)OC)[C@@H](C)O)N(C)C(=O)[C@H](C(C)C)N(C)C(=O)[C@H](CC(C)C)NC(=O)[C@H](CC(C)C)N(C)C(=O)[C@@H](C)NC(=O)[C@H](C)NC(=O)[C@H](CC(C)C)N(C)C(=O)[C@H](CC(C)C)NC(=O)[C@@H](NC)C(C)CC. The smallest absolute Gasteiger partial charge is 0.331 e. The molecule has 23 heteroatoms. The van der Waals surface area contributed by atoms with Crippen LogP contribution in [0.2, 0.25) is 0 Å². The number of hydrogen-bond donors (Lipinski definition) is 8. The van der Waals surface area contributed by atoms with E-state index in [-0.39, 0.29) is 54.8 Å². The van der Waals surface area contributed by atoms with Crippen molar-refractivity contribution in [2.24, 2.45) is 41.4 Å². The second kappa shape index (κ2) is 36.9. The van der Waals surface area contributed by atoms with E-state index in [1.807, 2.05) is 69.2 Å². The summed E-state index contributed by atoms with van der Waals surface area (Å²) in [6, 6.07) is -11.7. The van der Waals surface area contributed by atoms with Crippen LogP contribution in [0.3, 0.4) is 0 Å². The van der Waals surface area contributed by atoms with E-state index in [0.717, 1.165) is 18.4 Å². The molecule has 0 bridgehead atoms. The molecule has 14 atom stereocenters. The molecule has 0 aliphatic heterocycles. The molecule has 0 rings (SSSR count). The number of carbonyl (C=O) groups is 10. The summed E-state index contributed by atoms with van der Waals surface area (Å²) in [5.74, 6) is -8.32. The molecule has 0 spiro atoms. The number of aliphatic hydroxyl groups is 2. The van der Waals surface area contributed by atoms with Crippen molar-refractivity contribution in [1.82, 2.24) is 51.5 Å². The summed E-state index contributed by atoms with van der Waals surface area (Å²) in [5.41, 5.74) is 0. The standard InChI is InChI=1S/C60H110N10O13/c1-24-26-27-38(14)50(72)49(55(77)66-47(41(17)71)60(82)83-23)70(22)59(81)48(36(11)12)69(21)58(80)43(29-33(5)6)64-53(75)45(31-35(9)10)67(19)56(78)40(16)63-51(73)39(15)62-52(74)44(30-34(7)8)68(20)57(79)42(28-32(3)4)65-54(76)46(61-18)37(13)25-2/h24,26,32-50,61,71-72H,25,27-31H2,1-23H3,(H,62,74)(H,63,73)(H,64,75)(H,65,76)(H,66,77)/b26-24+/t37?,38-,39+,40-,41-,42+,43+,44+,45+,46+,47+,48+,49+,50-/m1/s1. The monoisotopic (exact) mass is 1180 g/mol. The number of hydrogen-bond acceptors (Lipinski definition) is 14. The number of methoxy groups -OCH3 is 1. The molecule has 0 aromatic heterocycles. The molecule has 83 heavy (non-hydrogen) atoms. The van der Waals surface area contributed by atoms with E-state index < -0.39 is 138 Å². The van der Waals surface area contributed by atoms with Crippen LogP contribution in [0.5, 0.6) is 0 Å². The quantitative estimate of drug-likeness (QED) is 0.0331. The number of esters is 1. The Hall–Kier alpha value is -5.68. The van der Waals surface area contributed by atoms with Gasteiger partial charge in [0.2, 0.25) is 53.2 Å². The highest BCUT2D eigenvalue weighted by Crippen LogP contribution is 2.24. The van der Waals surface area contributed by atoms with Gasteiger partial charge in [-0.15, -0.1) is 0 Å². The zero-order valence-corrected chi connectivity index (χ0v) is 54.5. The van der Waals surface area contributed by atoms with Crippen LogP contribution in [0.25, 0.3) is 0 Å². The van der Waals surface area contributed by atoms with E-state index in [9.17, 15) is 58.2 Å². The average molecular weight is 1180 g/mol. The van der Waals surface area contributed by atoms with E-state index in [0.29, 0.717) is 12.8 Å². The highest BCUT2D eigenvalue weighted by atomic mass is 16.5. The number of allylic oxidation sites excluding steroid dienone is 2. The van der Waals surface area contributed by atoms with Gasteiger partial charge in [0.15, 0.2) is 6.04 Å². The van der Waals surface area contributed by atoms with Crippen LogP contribution in [-0.4, -0.2) is 204 Å². The van der Waals surface area contributed by atoms with Crippen LogP contribution in [-0.2, 0) is 52.7 Å². The Morgan fingerprint density at radius 1 is 0.482 bits per heavy atom. The van der Waals surface area contributed by atoms with Crippen LogP contribution in [0, 0.1) is 41.4 Å². The fraction of sp³-hybridized carbons (Fsp3) is 0.800. The van der Waals surface area contributed by atoms with E-state index >= 15 is 0 Å². The van der Waals surface area contributed by atoms with Gasteiger partial charge in [-0.2, -0.15) is 0 Å². The topological polar surface area (TPSA) is 306 Å². The largest absolute Gasteiger partial charge is 0.467 e. The number of aliphatic hydroxyl groups excluding tert-OH is 2. The lowest BCUT2D eigenvalue weighted by Crippen LogP contribution is -2.63. The Labute approximate surface area is 496 Å². The molecule has 8 N–H and O–H groups in total. The molecule has 0 radical (unpaired) electrons. The molecule has 0 fully saturated rings. The molecule has 0 aromatic carbocycles. The third-order valence-corrected chi connectivity index (χ3v) is 15.1. The van der Waals surface area contributed by atoms with Crippen LogP contribution in [0.15, 0.2) is 12.2 Å². The van der Waals surface area contributed by atoms with Gasteiger partial charge in [0.05, 0.1) is 25.4 Å². The second-order valence-electron chi connectivity index (χ2n) is 24.7. The number of rotatable bonds is 36. The number of nitrogens with one attached hydrogen (secondary N) is 6. The van der Waals surface area contributed by atoms with Crippen LogP contribution < -0.4 is 31.9 Å². The van der Waals surface area contributed by atoms with Gasteiger partial charge in [-0.3, -0.25) is 43.2 Å². The highest BCUT2D eigenvalue weighted by molar-refractivity contribution is 5.98. The molecule has 9 amide bonds. The lowest BCUT2D eigenvalue weighted by atomic mass is 9.91. The van der Waals surface area contributed by atoms with E-state index in [4.69, 9.17) is 4.74 Å². The first-order chi connectivity index (χ1) is 38.4. The summed E-state index contributed by atoms with van der Waals surface area (Å²) < 4.78 is 4.78. The van der Waals surface area contributed by atoms with Crippen molar-refractivity contribution < 1.29 is 62.9 Å². The van der Waals surface area contributed by atoms with Crippen molar-refractivity contribution in [2.45, 2.75) is 229 Å². The minimum absolute atomic E-state index is 0.0118. The maximum atomic E-state index is 14.8. The van der Waals surface area contributed by atoms with Crippen molar-refractivity contribution in [3.05, 3.63) is 12.2 Å². The Bertz CT molecular complexity index is 2150. The molecule has 0 aromatic rings. The van der Waals surface area contributed by atoms with Crippen molar-refractivity contribution >= 4 is 59.1 Å². The minimum atomic E-state index is -1.61. The van der Waals surface area contributed by atoms with Gasteiger partial charge >= 0.3 is 5.97 Å². The number of carbonyl (C=O) groups excluding carboxylic acids is 10. The van der Waals surface area contributed by atoms with Gasteiger partial charge in [-0.25, -0.2) is 4.79 Å².